The Morgan fingerprint density at radius 1 is 1.04 bits per heavy atom. The van der Waals surface area contributed by atoms with Crippen molar-refractivity contribution in [3.05, 3.63) is 23.0 Å². The molecule has 1 aromatic rings. The molecule has 12 nitrogen and oxygen atoms in total. The molecule has 1 rings (SSSR count). The van der Waals surface area contributed by atoms with Crippen LogP contribution in [0.1, 0.15) is 21.6 Å². The van der Waals surface area contributed by atoms with E-state index in [1.54, 1.807) is 6.92 Å². The molecule has 0 saturated carbocycles. The maximum Gasteiger partial charge on any atom is 2.00 e. The Hall–Kier alpha value is 2.58. The number of hydrogen-bond donors (Lipinski definition) is 2. The van der Waals surface area contributed by atoms with Crippen LogP contribution in [0.5, 0.6) is 5.75 Å². The maximum atomic E-state index is 10.5. The molecule has 0 atom stereocenters. The number of phosphoric acid groups is 2. The number of carbonyl (C=O) groups excluding carboxylic acids is 1. The molecule has 0 fully saturated rings. The molecule has 1 aromatic heterocycles. The molecule has 0 saturated heterocycles. The molecule has 1 heterocycles. The van der Waals surface area contributed by atoms with Gasteiger partial charge in [0.25, 0.3) is 0 Å². The Morgan fingerprint density at radius 2 is 1.36 bits per heavy atom. The number of aliphatic hydroxyl groups is 1. The molecule has 0 bridgehead atoms. The number of hydrogen-bond acceptors (Lipinski definition) is 12. The summed E-state index contributed by atoms with van der Waals surface area (Å²) in [4.78, 5) is 65.5. The maximum absolute atomic E-state index is 10.5. The molecule has 0 aromatic carbocycles. The number of nitrogens with zero attached hydrogens (tertiary/aromatic N) is 1. The van der Waals surface area contributed by atoms with Crippen molar-refractivity contribution in [2.45, 2.75) is 13.5 Å². The smallest absolute Gasteiger partial charge is 0.822 e. The minimum absolute atomic E-state index is 0. The van der Waals surface area contributed by atoms with Gasteiger partial charge in [0.15, 0.2) is 6.29 Å². The second-order valence-corrected chi connectivity index (χ2v) is 5.09. The van der Waals surface area contributed by atoms with Crippen LogP contribution in [0, 0.1) is 6.92 Å². The zero-order valence-electron chi connectivity index (χ0n) is 12.9. The first-order chi connectivity index (χ1) is 9.70. The summed E-state index contributed by atoms with van der Waals surface area (Å²) in [7, 11) is -10.8. The molecule has 0 unspecified atom stereocenters. The van der Waals surface area contributed by atoms with Gasteiger partial charge in [-0.15, -0.1) is 0 Å². The van der Waals surface area contributed by atoms with Crippen LogP contribution in [-0.2, 0) is 15.7 Å². The van der Waals surface area contributed by atoms with Crippen molar-refractivity contribution in [3.8, 4) is 5.75 Å². The van der Waals surface area contributed by atoms with E-state index in [-0.39, 0.29) is 131 Å². The van der Waals surface area contributed by atoms with Crippen LogP contribution in [0.4, 0.5) is 0 Å². The first-order valence-electron chi connectivity index (χ1n) is 4.90. The van der Waals surface area contributed by atoms with E-state index >= 15 is 0 Å². The third-order valence-corrected chi connectivity index (χ3v) is 1.65. The number of rotatable bonds is 2. The molecule has 17 heteroatoms. The topological polar surface area (TPSA) is 243 Å². The number of carbonyl (C=O) groups is 1. The number of aliphatic hydroxyl groups excluding tert-OH is 1. The molecule has 2 N–H and O–H groups in total. The van der Waals surface area contributed by atoms with Crippen LogP contribution in [0.2, 0.25) is 0 Å². The standard InChI is InChI=1S/C8H9NO3.3Ca.2H3O4P/c1-5-8(12)7(4-11)6(3-10)2-9-5;;;;2*1-5(2,3)4/h2,4,10,12H,3H2,1H3;;;;2*(H3,1,2,3,4)/q;3*+2;;/p-6. The van der Waals surface area contributed by atoms with Gasteiger partial charge in [-0.25, -0.2) is 0 Å². The third-order valence-electron chi connectivity index (χ3n) is 1.65. The van der Waals surface area contributed by atoms with Gasteiger partial charge in [0.05, 0.1) is 17.9 Å². The molecule has 128 valence electrons. The normalized spacial score (nSPS) is 9.44. The predicted molar refractivity (Wildman–Crippen MR) is 74.4 cm³/mol. The van der Waals surface area contributed by atoms with E-state index in [0.29, 0.717) is 17.5 Å². The molecular weight excluding hydrogens is 468 g/mol. The van der Waals surface area contributed by atoms with Gasteiger partial charge < -0.3 is 48.7 Å². The Balaban J connectivity index is -0.0000000882. The summed E-state index contributed by atoms with van der Waals surface area (Å²) in [5.41, 5.74) is 0.840. The Morgan fingerprint density at radius 3 is 1.60 bits per heavy atom. The average molecular weight is 477 g/mol. The van der Waals surface area contributed by atoms with Gasteiger partial charge in [0.1, 0.15) is 5.75 Å². The monoisotopic (exact) mass is 477 g/mol. The number of pyridine rings is 1. The van der Waals surface area contributed by atoms with Gasteiger partial charge in [0, 0.05) is 11.8 Å². The molecule has 0 spiro atoms. The van der Waals surface area contributed by atoms with Crippen LogP contribution < -0.4 is 29.4 Å². The van der Waals surface area contributed by atoms with Crippen LogP contribution in [0.25, 0.3) is 0 Å². The third kappa shape index (κ3) is 28.9. The van der Waals surface area contributed by atoms with E-state index in [1.807, 2.05) is 0 Å². The predicted octanol–water partition coefficient (Wildman–Crippen LogP) is -6.39. The van der Waals surface area contributed by atoms with Crippen LogP contribution in [-0.4, -0.2) is 135 Å². The summed E-state index contributed by atoms with van der Waals surface area (Å²) in [5, 5.41) is 18.1. The van der Waals surface area contributed by atoms with E-state index in [2.05, 4.69) is 4.98 Å². The summed E-state index contributed by atoms with van der Waals surface area (Å²) in [5.74, 6) is -0.156. The molecule has 0 amide bonds. The second kappa shape index (κ2) is 18.6. The number of aryl methyl sites for hydroxylation is 1. The Labute approximate surface area is 232 Å². The van der Waals surface area contributed by atoms with Gasteiger partial charge in [0.2, 0.25) is 0 Å². The fraction of sp³-hybridized carbons (Fsp3) is 0.250. The fourth-order valence-corrected chi connectivity index (χ4v) is 0.910. The fourth-order valence-electron chi connectivity index (χ4n) is 0.910. The summed E-state index contributed by atoms with van der Waals surface area (Å²) in [6.45, 7) is 1.29. The zero-order valence-corrected chi connectivity index (χ0v) is 21.3. The van der Waals surface area contributed by atoms with Crippen LogP contribution >= 0.6 is 15.6 Å². The molecule has 0 radical (unpaired) electrons. The van der Waals surface area contributed by atoms with E-state index in [0.717, 1.165) is 0 Å². The average Bonchev–Trinajstić information content (AvgIpc) is 2.28. The van der Waals surface area contributed by atoms with Gasteiger partial charge in [-0.3, -0.25) is 9.78 Å². The SMILES string of the molecule is Cc1ncc(CO)c(C=O)c1O.O=P([O-])([O-])[O-].O=P([O-])([O-])[O-].[Ca+2].[Ca+2].[Ca+2]. The van der Waals surface area contributed by atoms with Gasteiger partial charge in [-0.05, 0) is 6.92 Å². The van der Waals surface area contributed by atoms with Crippen molar-refractivity contribution >= 4 is 135 Å². The van der Waals surface area contributed by atoms with E-state index in [4.69, 9.17) is 43.6 Å². The summed E-state index contributed by atoms with van der Waals surface area (Å²) >= 11 is 0. The molecule has 0 aliphatic carbocycles. The molecule has 0 aliphatic heterocycles. The van der Waals surface area contributed by atoms with Gasteiger partial charge in [-0.2, -0.15) is 15.6 Å². The van der Waals surface area contributed by atoms with Gasteiger partial charge >= 0.3 is 113 Å². The van der Waals surface area contributed by atoms with Crippen molar-refractivity contribution in [2.75, 3.05) is 0 Å². The van der Waals surface area contributed by atoms with Gasteiger partial charge in [-0.1, -0.05) is 0 Å². The van der Waals surface area contributed by atoms with Crippen molar-refractivity contribution in [3.63, 3.8) is 0 Å². The van der Waals surface area contributed by atoms with E-state index in [9.17, 15) is 9.90 Å². The quantitative estimate of drug-likeness (QED) is 0.229. The molecule has 0 aliphatic rings. The van der Waals surface area contributed by atoms with E-state index in [1.165, 1.54) is 6.20 Å². The Bertz CT molecular complexity index is 554. The minimum atomic E-state index is -5.39. The first-order valence-corrected chi connectivity index (χ1v) is 7.82. The Kier molecular flexibility index (Phi) is 28.4. The zero-order chi connectivity index (χ0) is 18.1. The summed E-state index contributed by atoms with van der Waals surface area (Å²) in [6, 6.07) is 0. The summed E-state index contributed by atoms with van der Waals surface area (Å²) in [6.07, 6.45) is 1.88. The first kappa shape index (κ1) is 38.2. The van der Waals surface area contributed by atoms with Crippen LogP contribution in [0.15, 0.2) is 6.20 Å². The van der Waals surface area contributed by atoms with Crippen molar-refractivity contribution in [1.82, 2.24) is 4.98 Å². The van der Waals surface area contributed by atoms with Crippen LogP contribution in [0.3, 0.4) is 0 Å². The second-order valence-electron chi connectivity index (χ2n) is 3.30. The van der Waals surface area contributed by atoms with Crippen molar-refractivity contribution in [1.29, 1.82) is 0 Å². The molecular formula is C8H9Ca3NO11P2. The largest absolute Gasteiger partial charge is 2.00 e. The van der Waals surface area contributed by atoms with Crippen molar-refractivity contribution < 1.29 is 53.5 Å². The number of aldehydes is 1. The summed E-state index contributed by atoms with van der Waals surface area (Å²) < 4.78 is 17.1. The van der Waals surface area contributed by atoms with E-state index < -0.39 is 15.6 Å². The number of aromatic hydroxyl groups is 1. The number of aromatic nitrogens is 1. The minimum Gasteiger partial charge on any atom is -0.822 e. The molecule has 25 heavy (non-hydrogen) atoms. The van der Waals surface area contributed by atoms with Crippen molar-refractivity contribution in [2.24, 2.45) is 0 Å².